The lowest BCUT2D eigenvalue weighted by atomic mass is 10.2. The van der Waals surface area contributed by atoms with E-state index in [0.717, 1.165) is 12.8 Å². The second-order valence-corrected chi connectivity index (χ2v) is 7.39. The number of rotatable bonds is 27. The van der Waals surface area contributed by atoms with Gasteiger partial charge in [0.1, 0.15) is 6.61 Å². The van der Waals surface area contributed by atoms with E-state index in [1.165, 1.54) is 0 Å². The van der Waals surface area contributed by atoms with Crippen molar-refractivity contribution in [3.63, 3.8) is 0 Å². The Labute approximate surface area is 211 Å². The zero-order valence-electron chi connectivity index (χ0n) is 21.5. The van der Waals surface area contributed by atoms with Crippen LogP contribution < -0.4 is 0 Å². The van der Waals surface area contributed by atoms with Gasteiger partial charge in [-0.1, -0.05) is 13.3 Å². The van der Waals surface area contributed by atoms with Crippen molar-refractivity contribution in [2.45, 2.75) is 39.0 Å². The molecular formula is C23H43F3O10. The van der Waals surface area contributed by atoms with Gasteiger partial charge in [-0.25, -0.2) is 4.79 Å². The molecule has 1 atom stereocenters. The number of alkyl halides is 3. The third kappa shape index (κ3) is 26.0. The predicted molar refractivity (Wildman–Crippen MR) is 123 cm³/mol. The van der Waals surface area contributed by atoms with Gasteiger partial charge in [-0.3, -0.25) is 0 Å². The average Bonchev–Trinajstić information content (AvgIpc) is 2.83. The normalized spacial score (nSPS) is 12.7. The Morgan fingerprint density at radius 1 is 0.583 bits per heavy atom. The van der Waals surface area contributed by atoms with Crippen LogP contribution in [0.25, 0.3) is 0 Å². The van der Waals surface area contributed by atoms with Crippen molar-refractivity contribution >= 4 is 5.97 Å². The van der Waals surface area contributed by atoms with Crippen molar-refractivity contribution in [1.82, 2.24) is 0 Å². The van der Waals surface area contributed by atoms with E-state index >= 15 is 0 Å². The summed E-state index contributed by atoms with van der Waals surface area (Å²) in [5, 5.41) is 0. The first-order chi connectivity index (χ1) is 17.4. The molecule has 0 bridgehead atoms. The molecule has 0 aromatic rings. The molecule has 10 nitrogen and oxygen atoms in total. The van der Waals surface area contributed by atoms with Gasteiger partial charge in [0.2, 0.25) is 0 Å². The maximum absolute atomic E-state index is 11.9. The highest BCUT2D eigenvalue weighted by atomic mass is 19.4. The van der Waals surface area contributed by atoms with Crippen LogP contribution >= 0.6 is 0 Å². The van der Waals surface area contributed by atoms with E-state index in [1.54, 1.807) is 0 Å². The van der Waals surface area contributed by atoms with E-state index in [-0.39, 0.29) is 25.9 Å². The van der Waals surface area contributed by atoms with Gasteiger partial charge in [0.05, 0.1) is 105 Å². The summed E-state index contributed by atoms with van der Waals surface area (Å²) in [6, 6.07) is 0. The molecule has 0 fully saturated rings. The fourth-order valence-electron chi connectivity index (χ4n) is 2.49. The minimum absolute atomic E-state index is 0.139. The Morgan fingerprint density at radius 2 is 0.889 bits per heavy atom. The lowest BCUT2D eigenvalue weighted by Gasteiger charge is -2.12. The average molecular weight is 537 g/mol. The second kappa shape index (κ2) is 25.6. The van der Waals surface area contributed by atoms with Gasteiger partial charge >= 0.3 is 12.1 Å². The number of carbonyl (C=O) groups is 1. The van der Waals surface area contributed by atoms with Crippen LogP contribution in [-0.4, -0.2) is 124 Å². The van der Waals surface area contributed by atoms with Crippen molar-refractivity contribution in [2.75, 3.05) is 106 Å². The zero-order valence-corrected chi connectivity index (χ0v) is 21.5. The first-order valence-corrected chi connectivity index (χ1v) is 12.3. The van der Waals surface area contributed by atoms with Gasteiger partial charge in [-0.2, -0.15) is 13.2 Å². The number of ether oxygens (including phenoxy) is 9. The van der Waals surface area contributed by atoms with Crippen molar-refractivity contribution in [3.8, 4) is 0 Å². The molecule has 0 saturated heterocycles. The van der Waals surface area contributed by atoms with Crippen LogP contribution in [0.4, 0.5) is 13.2 Å². The van der Waals surface area contributed by atoms with E-state index in [0.29, 0.717) is 79.3 Å². The van der Waals surface area contributed by atoms with Gasteiger partial charge in [-0.05, 0) is 13.3 Å². The van der Waals surface area contributed by atoms with E-state index in [4.69, 9.17) is 37.9 Å². The molecule has 13 heteroatoms. The first kappa shape index (κ1) is 34.9. The maximum atomic E-state index is 11.9. The lowest BCUT2D eigenvalue weighted by molar-refractivity contribution is -0.200. The quantitative estimate of drug-likeness (QED) is 0.115. The van der Waals surface area contributed by atoms with Crippen molar-refractivity contribution in [2.24, 2.45) is 0 Å². The second-order valence-electron chi connectivity index (χ2n) is 7.39. The molecule has 216 valence electrons. The standard InChI is InChI=1S/C23H43F3O10/c1-3-4-21(2)35-19-17-33-15-13-31-11-9-29-7-5-28-6-8-30-10-12-32-14-16-34-18-20-36-22(27)23(24,25)26/h21H,3-20H2,1-2H3. The van der Waals surface area contributed by atoms with E-state index in [1.807, 2.05) is 0 Å². The molecule has 0 aromatic carbocycles. The van der Waals surface area contributed by atoms with Gasteiger partial charge in [0.15, 0.2) is 0 Å². The van der Waals surface area contributed by atoms with Crippen molar-refractivity contribution in [3.05, 3.63) is 0 Å². The Kier molecular flexibility index (Phi) is 24.8. The minimum atomic E-state index is -4.99. The van der Waals surface area contributed by atoms with Crippen LogP contribution in [0.15, 0.2) is 0 Å². The van der Waals surface area contributed by atoms with Crippen LogP contribution in [-0.2, 0) is 47.4 Å². The van der Waals surface area contributed by atoms with Crippen molar-refractivity contribution < 1.29 is 60.6 Å². The molecule has 0 aliphatic carbocycles. The molecule has 0 aliphatic rings. The highest BCUT2D eigenvalue weighted by Crippen LogP contribution is 2.16. The molecule has 0 aliphatic heterocycles. The van der Waals surface area contributed by atoms with Crippen molar-refractivity contribution in [1.29, 1.82) is 0 Å². The third-order valence-corrected chi connectivity index (χ3v) is 4.25. The zero-order chi connectivity index (χ0) is 26.7. The SMILES string of the molecule is CCCC(C)OCCOCCOCCOCCOCCOCCOCCOCCOC(=O)C(F)(F)F. The molecule has 1 unspecified atom stereocenters. The first-order valence-electron chi connectivity index (χ1n) is 12.3. The van der Waals surface area contributed by atoms with Crippen LogP contribution in [0, 0.1) is 0 Å². The maximum Gasteiger partial charge on any atom is 0.490 e. The molecule has 0 aromatic heterocycles. The molecule has 0 heterocycles. The number of halogens is 3. The Balaban J connectivity index is 3.12. The Bertz CT molecular complexity index is 484. The molecule has 0 amide bonds. The van der Waals surface area contributed by atoms with Crippen LogP contribution in [0.5, 0.6) is 0 Å². The fraction of sp³-hybridized carbons (Fsp3) is 0.957. The Morgan fingerprint density at radius 3 is 1.19 bits per heavy atom. The van der Waals surface area contributed by atoms with E-state index < -0.39 is 18.8 Å². The topological polar surface area (TPSA) is 100 Å². The monoisotopic (exact) mass is 536 g/mol. The minimum Gasteiger partial charge on any atom is -0.457 e. The van der Waals surface area contributed by atoms with Gasteiger partial charge in [-0.15, -0.1) is 0 Å². The highest BCUT2D eigenvalue weighted by Gasteiger charge is 2.40. The Hall–Kier alpha value is -1.06. The van der Waals surface area contributed by atoms with Gasteiger partial charge in [0.25, 0.3) is 0 Å². The summed E-state index contributed by atoms with van der Waals surface area (Å²) in [7, 11) is 0. The summed E-state index contributed by atoms with van der Waals surface area (Å²) in [4.78, 5) is 10.4. The molecule has 0 radical (unpaired) electrons. The van der Waals surface area contributed by atoms with E-state index in [2.05, 4.69) is 18.6 Å². The number of carbonyl (C=O) groups excluding carboxylic acids is 1. The summed E-state index contributed by atoms with van der Waals surface area (Å²) in [5.41, 5.74) is 0. The highest BCUT2D eigenvalue weighted by molar-refractivity contribution is 5.75. The lowest BCUT2D eigenvalue weighted by Crippen LogP contribution is -2.26. The summed E-state index contributed by atoms with van der Waals surface area (Å²) >= 11 is 0. The fourth-order valence-corrected chi connectivity index (χ4v) is 2.49. The molecule has 36 heavy (non-hydrogen) atoms. The third-order valence-electron chi connectivity index (χ3n) is 4.25. The van der Waals surface area contributed by atoms with Gasteiger partial charge in [0, 0.05) is 0 Å². The summed E-state index contributed by atoms with van der Waals surface area (Å²) in [5.74, 6) is -2.23. The van der Waals surface area contributed by atoms with Crippen LogP contribution in [0.1, 0.15) is 26.7 Å². The van der Waals surface area contributed by atoms with Crippen LogP contribution in [0.3, 0.4) is 0 Å². The summed E-state index contributed by atoms with van der Waals surface area (Å²) < 4.78 is 82.4. The summed E-state index contributed by atoms with van der Waals surface area (Å²) in [6.45, 7) is 9.66. The smallest absolute Gasteiger partial charge is 0.457 e. The largest absolute Gasteiger partial charge is 0.490 e. The van der Waals surface area contributed by atoms with E-state index in [9.17, 15) is 18.0 Å². The molecular weight excluding hydrogens is 493 g/mol. The molecule has 0 rings (SSSR count). The molecule has 0 spiro atoms. The number of hydrogen-bond acceptors (Lipinski definition) is 10. The molecule has 0 saturated carbocycles. The number of esters is 1. The summed E-state index contributed by atoms with van der Waals surface area (Å²) in [6.07, 6.45) is -2.54. The predicted octanol–water partition coefficient (Wildman–Crippen LogP) is 2.41. The van der Waals surface area contributed by atoms with Crippen LogP contribution in [0.2, 0.25) is 0 Å². The van der Waals surface area contributed by atoms with Gasteiger partial charge < -0.3 is 42.6 Å². The molecule has 0 N–H and O–H groups in total. The number of hydrogen-bond donors (Lipinski definition) is 0.